The standard InChI is InChI=1S/C19H14ClN5O4S2/c1-3-24-17(26)16(31-19(24)21-18-23-22-10(2)30-18)9-12-5-7-15(29-12)13-6-4-11(25(27)28)8-14(13)20/h4-9H,3H2,1-2H3/b16-9+,21-19+. The molecular weight excluding hydrogens is 462 g/mol. The average Bonchev–Trinajstić information content (AvgIpc) is 3.42. The van der Waals surface area contributed by atoms with E-state index in [0.717, 1.165) is 5.01 Å². The highest BCUT2D eigenvalue weighted by Gasteiger charge is 2.33. The number of non-ortho nitro benzene ring substituents is 1. The molecule has 9 nitrogen and oxygen atoms in total. The van der Waals surface area contributed by atoms with E-state index in [2.05, 4.69) is 15.2 Å². The molecule has 12 heteroatoms. The van der Waals surface area contributed by atoms with Crippen LogP contribution in [0.2, 0.25) is 5.02 Å². The molecule has 0 N–H and O–H groups in total. The first-order valence-corrected chi connectivity index (χ1v) is 11.0. The SMILES string of the molecule is CCN1C(=O)/C(=C\c2ccc(-c3ccc([N+](=O)[O-])cc3Cl)o2)S/C1=N/c1nnc(C)s1. The third-order valence-corrected chi connectivity index (χ3v) is 6.29. The van der Waals surface area contributed by atoms with Crippen molar-refractivity contribution in [3.63, 3.8) is 0 Å². The first-order chi connectivity index (χ1) is 14.9. The van der Waals surface area contributed by atoms with E-state index in [1.54, 1.807) is 23.1 Å². The Morgan fingerprint density at radius 2 is 2.13 bits per heavy atom. The Hall–Kier alpha value is -3.02. The first kappa shape index (κ1) is 21.2. The Balaban J connectivity index is 1.61. The van der Waals surface area contributed by atoms with Crippen molar-refractivity contribution in [1.29, 1.82) is 0 Å². The van der Waals surface area contributed by atoms with Crippen molar-refractivity contribution < 1.29 is 14.1 Å². The van der Waals surface area contributed by atoms with Crippen LogP contribution in [0.5, 0.6) is 0 Å². The van der Waals surface area contributed by atoms with Crippen LogP contribution in [-0.2, 0) is 4.79 Å². The van der Waals surface area contributed by atoms with Gasteiger partial charge in [-0.25, -0.2) is 0 Å². The summed E-state index contributed by atoms with van der Waals surface area (Å²) in [7, 11) is 0. The van der Waals surface area contributed by atoms with Crippen LogP contribution in [0.3, 0.4) is 0 Å². The van der Waals surface area contributed by atoms with Crippen molar-refractivity contribution >= 4 is 62.7 Å². The van der Waals surface area contributed by atoms with Crippen LogP contribution in [0.1, 0.15) is 17.7 Å². The Bertz CT molecular complexity index is 1250. The molecule has 31 heavy (non-hydrogen) atoms. The van der Waals surface area contributed by atoms with Gasteiger partial charge in [0.05, 0.1) is 14.9 Å². The van der Waals surface area contributed by atoms with Gasteiger partial charge in [0.1, 0.15) is 16.5 Å². The molecule has 1 aromatic carbocycles. The number of nitro groups is 1. The maximum absolute atomic E-state index is 12.8. The molecule has 1 fully saturated rings. The van der Waals surface area contributed by atoms with Crippen molar-refractivity contribution in [2.75, 3.05) is 6.54 Å². The number of carbonyl (C=O) groups is 1. The van der Waals surface area contributed by atoms with Crippen molar-refractivity contribution in [3.8, 4) is 11.3 Å². The van der Waals surface area contributed by atoms with E-state index in [1.165, 1.54) is 41.3 Å². The van der Waals surface area contributed by atoms with E-state index in [1.807, 2.05) is 13.8 Å². The minimum absolute atomic E-state index is 0.104. The van der Waals surface area contributed by atoms with Crippen molar-refractivity contribution in [2.24, 2.45) is 4.99 Å². The summed E-state index contributed by atoms with van der Waals surface area (Å²) in [6.07, 6.45) is 1.63. The second-order valence-electron chi connectivity index (χ2n) is 6.28. The number of hydrogen-bond donors (Lipinski definition) is 0. The van der Waals surface area contributed by atoms with Crippen LogP contribution >= 0.6 is 34.7 Å². The van der Waals surface area contributed by atoms with Crippen molar-refractivity contribution in [2.45, 2.75) is 13.8 Å². The fourth-order valence-corrected chi connectivity index (χ4v) is 4.71. The van der Waals surface area contributed by atoms with Crippen molar-refractivity contribution in [1.82, 2.24) is 15.1 Å². The topological polar surface area (TPSA) is 115 Å². The number of hydrogen-bond acceptors (Lipinski definition) is 9. The third kappa shape index (κ3) is 4.38. The molecule has 1 aliphatic heterocycles. The predicted molar refractivity (Wildman–Crippen MR) is 121 cm³/mol. The molecule has 0 spiro atoms. The zero-order chi connectivity index (χ0) is 22.1. The highest BCUT2D eigenvalue weighted by molar-refractivity contribution is 8.18. The van der Waals surface area contributed by atoms with Gasteiger partial charge in [0, 0.05) is 30.3 Å². The highest BCUT2D eigenvalue weighted by Crippen LogP contribution is 2.36. The number of nitrogens with zero attached hydrogens (tertiary/aromatic N) is 5. The monoisotopic (exact) mass is 475 g/mol. The summed E-state index contributed by atoms with van der Waals surface area (Å²) in [5, 5.41) is 20.8. The molecule has 1 aliphatic rings. The molecule has 3 heterocycles. The second kappa shape index (κ2) is 8.61. The minimum atomic E-state index is -0.516. The van der Waals surface area contributed by atoms with Gasteiger partial charge >= 0.3 is 0 Å². The number of furan rings is 1. The smallest absolute Gasteiger partial charge is 0.270 e. The molecule has 4 rings (SSSR count). The van der Waals surface area contributed by atoms with Gasteiger partial charge in [-0.05, 0) is 43.8 Å². The summed E-state index contributed by atoms with van der Waals surface area (Å²) in [6, 6.07) is 7.55. The van der Waals surface area contributed by atoms with E-state index in [4.69, 9.17) is 16.0 Å². The lowest BCUT2D eigenvalue weighted by Crippen LogP contribution is -2.28. The maximum atomic E-state index is 12.8. The molecule has 0 bridgehead atoms. The first-order valence-electron chi connectivity index (χ1n) is 9.00. The van der Waals surface area contributed by atoms with Gasteiger partial charge in [-0.3, -0.25) is 19.8 Å². The lowest BCUT2D eigenvalue weighted by atomic mass is 10.1. The molecule has 3 aromatic rings. The highest BCUT2D eigenvalue weighted by atomic mass is 35.5. The lowest BCUT2D eigenvalue weighted by molar-refractivity contribution is -0.384. The number of thioether (sulfide) groups is 1. The number of rotatable bonds is 5. The summed E-state index contributed by atoms with van der Waals surface area (Å²) in [5.74, 6) is 0.705. The van der Waals surface area contributed by atoms with Gasteiger partial charge in [-0.2, -0.15) is 4.99 Å². The Morgan fingerprint density at radius 3 is 2.77 bits per heavy atom. The van der Waals surface area contributed by atoms with Gasteiger partial charge in [0.25, 0.3) is 11.6 Å². The Morgan fingerprint density at radius 1 is 1.32 bits per heavy atom. The summed E-state index contributed by atoms with van der Waals surface area (Å²) in [6.45, 7) is 4.16. The normalized spacial score (nSPS) is 16.6. The molecule has 1 amide bonds. The number of likely N-dealkylation sites (N-methyl/N-ethyl adjacent to an activating group) is 1. The van der Waals surface area contributed by atoms with Crippen LogP contribution in [0, 0.1) is 17.0 Å². The quantitative estimate of drug-likeness (QED) is 0.279. The summed E-state index contributed by atoms with van der Waals surface area (Å²) < 4.78 is 5.81. The van der Waals surface area contributed by atoms with Gasteiger partial charge in [-0.15, -0.1) is 10.2 Å². The summed E-state index contributed by atoms with van der Waals surface area (Å²) >= 11 is 8.75. The molecule has 2 aromatic heterocycles. The number of halogens is 1. The number of carbonyl (C=O) groups excluding carboxylic acids is 1. The fraction of sp³-hybridized carbons (Fsp3) is 0.158. The number of benzene rings is 1. The zero-order valence-electron chi connectivity index (χ0n) is 16.2. The summed E-state index contributed by atoms with van der Waals surface area (Å²) in [5.41, 5.74) is 0.416. The number of aryl methyl sites for hydroxylation is 1. The molecule has 0 saturated carbocycles. The van der Waals surface area contributed by atoms with Crippen molar-refractivity contribution in [3.05, 3.63) is 61.1 Å². The second-order valence-corrected chi connectivity index (χ2v) is 8.86. The van der Waals surface area contributed by atoms with Gasteiger partial charge < -0.3 is 4.42 Å². The van der Waals surface area contributed by atoms with Crippen LogP contribution in [0.15, 0.2) is 44.6 Å². The number of amides is 1. The Kier molecular flexibility index (Phi) is 5.90. The van der Waals surface area contributed by atoms with Crippen LogP contribution in [-0.4, -0.2) is 37.6 Å². The van der Waals surface area contributed by atoms with E-state index in [9.17, 15) is 14.9 Å². The van der Waals surface area contributed by atoms with Gasteiger partial charge in [0.2, 0.25) is 5.13 Å². The van der Waals surface area contributed by atoms with Crippen LogP contribution in [0.25, 0.3) is 17.4 Å². The third-order valence-electron chi connectivity index (χ3n) is 4.24. The number of aromatic nitrogens is 2. The molecule has 158 valence electrons. The number of amidine groups is 1. The van der Waals surface area contributed by atoms with Gasteiger partial charge in [-0.1, -0.05) is 22.9 Å². The largest absolute Gasteiger partial charge is 0.457 e. The number of aliphatic imine (C=N–C) groups is 1. The number of nitro benzene ring substituents is 1. The molecule has 0 unspecified atom stereocenters. The lowest BCUT2D eigenvalue weighted by Gasteiger charge is -2.10. The van der Waals surface area contributed by atoms with E-state index < -0.39 is 4.92 Å². The van der Waals surface area contributed by atoms with E-state index >= 15 is 0 Å². The van der Waals surface area contributed by atoms with E-state index in [0.29, 0.717) is 38.8 Å². The maximum Gasteiger partial charge on any atom is 0.270 e. The van der Waals surface area contributed by atoms with Crippen LogP contribution in [0.4, 0.5) is 10.8 Å². The molecule has 1 saturated heterocycles. The summed E-state index contributed by atoms with van der Waals surface area (Å²) in [4.78, 5) is 29.6. The van der Waals surface area contributed by atoms with Gasteiger partial charge in [0.15, 0.2) is 5.17 Å². The molecule has 0 radical (unpaired) electrons. The minimum Gasteiger partial charge on any atom is -0.457 e. The molecular formula is C19H14ClN5O4S2. The predicted octanol–water partition coefficient (Wildman–Crippen LogP) is 5.29. The molecule has 0 atom stereocenters. The fourth-order valence-electron chi connectivity index (χ4n) is 2.81. The average molecular weight is 476 g/mol. The van der Waals surface area contributed by atoms with Crippen LogP contribution < -0.4 is 0 Å². The Labute approximate surface area is 189 Å². The van der Waals surface area contributed by atoms with E-state index in [-0.39, 0.29) is 16.6 Å². The molecule has 0 aliphatic carbocycles. The zero-order valence-corrected chi connectivity index (χ0v) is 18.6.